The maximum absolute atomic E-state index is 4.30. The Kier molecular flexibility index (Phi) is 7.13. The van der Waals surface area contributed by atoms with E-state index in [9.17, 15) is 0 Å². The zero-order valence-electron chi connectivity index (χ0n) is 23.5. The van der Waals surface area contributed by atoms with Crippen LogP contribution in [0.1, 0.15) is 78.7 Å². The number of allylic oxidation sites excluding steroid dienone is 7. The van der Waals surface area contributed by atoms with Crippen molar-refractivity contribution in [3.63, 3.8) is 0 Å². The van der Waals surface area contributed by atoms with E-state index in [1.165, 1.54) is 68.3 Å². The zero-order chi connectivity index (χ0) is 26.9. The molecule has 4 unspecified atom stereocenters. The average Bonchev–Trinajstić information content (AvgIpc) is 3.21. The summed E-state index contributed by atoms with van der Waals surface area (Å²) in [6, 6.07) is 16.1. The average molecular weight is 509 g/mol. The molecule has 0 nitrogen and oxygen atoms in total. The third kappa shape index (κ3) is 4.71. The first kappa shape index (κ1) is 25.6. The van der Waals surface area contributed by atoms with Gasteiger partial charge >= 0.3 is 0 Å². The Balaban J connectivity index is 1.54. The van der Waals surface area contributed by atoms with Gasteiger partial charge in [-0.05, 0) is 113 Å². The molecule has 3 aromatic carbocycles. The molecule has 6 rings (SSSR count). The van der Waals surface area contributed by atoms with Gasteiger partial charge in [-0.15, -0.1) is 0 Å². The van der Waals surface area contributed by atoms with Crippen LogP contribution in [0.2, 0.25) is 0 Å². The van der Waals surface area contributed by atoms with Crippen molar-refractivity contribution in [1.29, 1.82) is 0 Å². The summed E-state index contributed by atoms with van der Waals surface area (Å²) in [4.78, 5) is 0. The minimum Gasteiger partial charge on any atom is -0.0984 e. The Morgan fingerprint density at radius 1 is 0.923 bits per heavy atom. The lowest BCUT2D eigenvalue weighted by Gasteiger charge is -2.31. The molecule has 0 spiro atoms. The Labute approximate surface area is 234 Å². The van der Waals surface area contributed by atoms with E-state index in [-0.39, 0.29) is 0 Å². The highest BCUT2D eigenvalue weighted by atomic mass is 14.3. The van der Waals surface area contributed by atoms with Crippen LogP contribution in [0.25, 0.3) is 34.6 Å². The van der Waals surface area contributed by atoms with E-state index in [1.807, 2.05) is 0 Å². The van der Waals surface area contributed by atoms with Gasteiger partial charge in [-0.3, -0.25) is 0 Å². The molecule has 0 N–H and O–H groups in total. The monoisotopic (exact) mass is 508 g/mol. The molecule has 196 valence electrons. The number of benzene rings is 3. The second-order valence-electron chi connectivity index (χ2n) is 11.7. The molecule has 0 saturated heterocycles. The third-order valence-electron chi connectivity index (χ3n) is 9.29. The maximum atomic E-state index is 4.30. The van der Waals surface area contributed by atoms with Crippen molar-refractivity contribution >= 4 is 34.6 Å². The molecular formula is C39H40. The number of hydrogen-bond acceptors (Lipinski definition) is 0. The van der Waals surface area contributed by atoms with Gasteiger partial charge in [-0.1, -0.05) is 110 Å². The summed E-state index contributed by atoms with van der Waals surface area (Å²) in [5.74, 6) is 1.71. The first-order valence-electron chi connectivity index (χ1n) is 14.7. The summed E-state index contributed by atoms with van der Waals surface area (Å²) in [6.07, 6.45) is 27.3. The zero-order valence-corrected chi connectivity index (χ0v) is 23.5. The van der Waals surface area contributed by atoms with Gasteiger partial charge in [-0.25, -0.2) is 0 Å². The normalized spacial score (nSPS) is 23.9. The van der Waals surface area contributed by atoms with E-state index in [2.05, 4.69) is 124 Å². The van der Waals surface area contributed by atoms with Gasteiger partial charge in [0.15, 0.2) is 0 Å². The molecule has 0 heterocycles. The van der Waals surface area contributed by atoms with Crippen molar-refractivity contribution < 1.29 is 0 Å². The first-order chi connectivity index (χ1) is 19.1. The van der Waals surface area contributed by atoms with E-state index >= 15 is 0 Å². The summed E-state index contributed by atoms with van der Waals surface area (Å²) in [7, 11) is 0. The minimum atomic E-state index is 0.337. The summed E-state index contributed by atoms with van der Waals surface area (Å²) in [5, 5.41) is 5.55. The fourth-order valence-corrected chi connectivity index (χ4v) is 7.27. The molecule has 0 bridgehead atoms. The van der Waals surface area contributed by atoms with Gasteiger partial charge in [-0.2, -0.15) is 0 Å². The lowest BCUT2D eigenvalue weighted by Crippen LogP contribution is -2.31. The largest absolute Gasteiger partial charge is 0.0984 e. The first-order valence-corrected chi connectivity index (χ1v) is 14.7. The predicted octanol–water partition coefficient (Wildman–Crippen LogP) is 9.15. The number of aryl methyl sites for hydroxylation is 1. The lowest BCUT2D eigenvalue weighted by atomic mass is 9.72. The van der Waals surface area contributed by atoms with Crippen LogP contribution in [0.15, 0.2) is 92.1 Å². The van der Waals surface area contributed by atoms with Crippen molar-refractivity contribution in [2.24, 2.45) is 11.8 Å². The Bertz CT molecular complexity index is 1650. The summed E-state index contributed by atoms with van der Waals surface area (Å²) in [6.45, 7) is 12.9. The van der Waals surface area contributed by atoms with Gasteiger partial charge in [0.2, 0.25) is 0 Å². The van der Waals surface area contributed by atoms with Crippen LogP contribution in [-0.2, 0) is 0 Å². The van der Waals surface area contributed by atoms with Crippen molar-refractivity contribution in [3.8, 4) is 0 Å². The molecule has 3 aliphatic carbocycles. The van der Waals surface area contributed by atoms with Crippen molar-refractivity contribution in [3.05, 3.63) is 130 Å². The van der Waals surface area contributed by atoms with E-state index in [0.29, 0.717) is 23.7 Å². The Morgan fingerprint density at radius 3 is 2.56 bits per heavy atom. The van der Waals surface area contributed by atoms with Crippen LogP contribution in [0, 0.1) is 18.8 Å². The van der Waals surface area contributed by atoms with Crippen LogP contribution in [-0.4, -0.2) is 0 Å². The molecule has 4 atom stereocenters. The molecule has 3 aliphatic rings. The molecular weight excluding hydrogens is 468 g/mol. The van der Waals surface area contributed by atoms with Crippen LogP contribution < -0.4 is 10.4 Å². The molecule has 39 heavy (non-hydrogen) atoms. The second kappa shape index (κ2) is 10.9. The standard InChI is InChI=1S/C39H40/c1-5-31-27(4)33-23-22-29(28-14-7-6-8-15-28)24-38(33)39-25-30(16-13-21-35(31)39)34-18-10-12-20-37(34)36-19-11-9-17-32(36)26(2)3/h5,7,9-12,14,17-25,28,30,34,37H,1-2,6,8,13,15-16H2,3-4H3. The van der Waals surface area contributed by atoms with Gasteiger partial charge in [0.25, 0.3) is 0 Å². The molecule has 0 aliphatic heterocycles. The van der Waals surface area contributed by atoms with Crippen molar-refractivity contribution in [2.75, 3.05) is 0 Å². The third-order valence-corrected chi connectivity index (χ3v) is 9.29. The predicted molar refractivity (Wildman–Crippen MR) is 171 cm³/mol. The number of fused-ring (bicyclic) bond motifs is 3. The second-order valence-corrected chi connectivity index (χ2v) is 11.7. The fraction of sp³-hybridized carbons (Fsp3) is 0.282. The Hall–Kier alpha value is -3.64. The molecule has 0 radical (unpaired) electrons. The fourth-order valence-electron chi connectivity index (χ4n) is 7.27. The topological polar surface area (TPSA) is 0 Å². The quantitative estimate of drug-likeness (QED) is 0.301. The smallest absolute Gasteiger partial charge is 0.00957 e. The van der Waals surface area contributed by atoms with Crippen LogP contribution in [0.3, 0.4) is 0 Å². The lowest BCUT2D eigenvalue weighted by molar-refractivity contribution is 0.435. The summed E-state index contributed by atoms with van der Waals surface area (Å²) in [5.41, 5.74) is 7.91. The van der Waals surface area contributed by atoms with E-state index < -0.39 is 0 Å². The summed E-state index contributed by atoms with van der Waals surface area (Å²) < 4.78 is 0. The van der Waals surface area contributed by atoms with Gasteiger partial charge < -0.3 is 0 Å². The van der Waals surface area contributed by atoms with Gasteiger partial charge in [0.05, 0.1) is 0 Å². The van der Waals surface area contributed by atoms with Crippen LogP contribution in [0.4, 0.5) is 0 Å². The number of rotatable bonds is 5. The molecule has 0 saturated carbocycles. The highest BCUT2D eigenvalue weighted by Crippen LogP contribution is 2.41. The van der Waals surface area contributed by atoms with E-state index in [1.54, 1.807) is 0 Å². The minimum absolute atomic E-state index is 0.337. The number of hydrogen-bond donors (Lipinski definition) is 0. The Morgan fingerprint density at radius 2 is 1.77 bits per heavy atom. The van der Waals surface area contributed by atoms with Crippen LogP contribution in [0.5, 0.6) is 0 Å². The van der Waals surface area contributed by atoms with Crippen molar-refractivity contribution in [1.82, 2.24) is 0 Å². The SMILES string of the molecule is C=Cc1c(C)c2ccc(C3C=CCCC3)cc2c2c1=CCCC(C1C=CC=CC1c1ccccc1C(=C)C)C=2. The van der Waals surface area contributed by atoms with E-state index in [0.717, 1.165) is 18.4 Å². The maximum Gasteiger partial charge on any atom is 0.00957 e. The summed E-state index contributed by atoms with van der Waals surface area (Å²) >= 11 is 0. The van der Waals surface area contributed by atoms with Gasteiger partial charge in [0, 0.05) is 11.8 Å². The molecule has 3 aromatic rings. The van der Waals surface area contributed by atoms with Gasteiger partial charge in [0.1, 0.15) is 0 Å². The van der Waals surface area contributed by atoms with Crippen molar-refractivity contribution in [2.45, 2.75) is 57.8 Å². The molecule has 0 amide bonds. The highest BCUT2D eigenvalue weighted by Gasteiger charge is 2.29. The van der Waals surface area contributed by atoms with Crippen LogP contribution >= 0.6 is 0 Å². The highest BCUT2D eigenvalue weighted by molar-refractivity contribution is 5.91. The molecule has 0 heteroatoms. The molecule has 0 aromatic heterocycles. The van der Waals surface area contributed by atoms with E-state index in [4.69, 9.17) is 0 Å². The molecule has 0 fully saturated rings.